The second-order valence-electron chi connectivity index (χ2n) is 2.79. The van der Waals surface area contributed by atoms with E-state index < -0.39 is 0 Å². The first-order valence-electron chi connectivity index (χ1n) is 3.76. The Labute approximate surface area is 76.5 Å². The normalized spacial score (nSPS) is 9.46. The van der Waals surface area contributed by atoms with Gasteiger partial charge in [-0.05, 0) is 27.7 Å². The number of hydroxylamine groups is 2. The first-order chi connectivity index (χ1) is 6.01. The molecule has 0 unspecified atom stereocenters. The van der Waals surface area contributed by atoms with Gasteiger partial charge in [0.25, 0.3) is 0 Å². The van der Waals surface area contributed by atoms with Crippen molar-refractivity contribution < 1.29 is 10.1 Å². The molecule has 78 valence electrons. The molecule has 1 N–H and O–H groups in total. The lowest BCUT2D eigenvalue weighted by Crippen LogP contribution is -2.35. The zero-order valence-electron chi connectivity index (χ0n) is 8.17. The Morgan fingerprint density at radius 3 is 1.54 bits per heavy atom. The molecule has 0 aromatic heterocycles. The third kappa shape index (κ3) is 8.67. The van der Waals surface area contributed by atoms with Crippen molar-refractivity contribution in [2.45, 2.75) is 39.8 Å². The van der Waals surface area contributed by atoms with Crippen LogP contribution in [0.2, 0.25) is 0 Å². The molecular weight excluding hydrogens is 178 g/mol. The van der Waals surface area contributed by atoms with E-state index in [9.17, 15) is 4.91 Å². The van der Waals surface area contributed by atoms with Crippen molar-refractivity contribution in [1.82, 2.24) is 5.06 Å². The summed E-state index contributed by atoms with van der Waals surface area (Å²) in [5, 5.41) is 11.8. The molecule has 0 saturated carbocycles. The van der Waals surface area contributed by atoms with Crippen LogP contribution >= 0.6 is 0 Å². The highest BCUT2D eigenvalue weighted by atomic mass is 16.9. The predicted octanol–water partition coefficient (Wildman–Crippen LogP) is 1.86. The van der Waals surface area contributed by atoms with Gasteiger partial charge in [0.2, 0.25) is 0 Å². The molecular formula is C6H15N3O4. The molecule has 0 saturated heterocycles. The van der Waals surface area contributed by atoms with Gasteiger partial charge in [-0.25, -0.2) is 0 Å². The number of hydrogen-bond donors (Lipinski definition) is 1. The average Bonchev–Trinajstić information content (AvgIpc) is 2.00. The second kappa shape index (κ2) is 8.85. The summed E-state index contributed by atoms with van der Waals surface area (Å²) in [5.41, 5.74) is 0. The molecule has 0 heterocycles. The Morgan fingerprint density at radius 2 is 1.46 bits per heavy atom. The van der Waals surface area contributed by atoms with Crippen LogP contribution in [-0.2, 0) is 4.94 Å². The van der Waals surface area contributed by atoms with Crippen molar-refractivity contribution in [3.05, 3.63) is 9.81 Å². The van der Waals surface area contributed by atoms with Crippen molar-refractivity contribution in [1.29, 1.82) is 0 Å². The van der Waals surface area contributed by atoms with Crippen LogP contribution in [0.4, 0.5) is 0 Å². The average molecular weight is 193 g/mol. The van der Waals surface area contributed by atoms with Gasteiger partial charge in [0.05, 0.1) is 0 Å². The van der Waals surface area contributed by atoms with Gasteiger partial charge in [-0.15, -0.1) is 14.9 Å². The van der Waals surface area contributed by atoms with Gasteiger partial charge in [-0.3, -0.25) is 4.94 Å². The molecule has 0 aromatic rings. The molecule has 7 nitrogen and oxygen atoms in total. The number of rotatable bonds is 4. The van der Waals surface area contributed by atoms with E-state index in [4.69, 9.17) is 10.1 Å². The van der Waals surface area contributed by atoms with Crippen molar-refractivity contribution in [2.24, 2.45) is 10.7 Å². The summed E-state index contributed by atoms with van der Waals surface area (Å²) in [7, 11) is 0. The van der Waals surface area contributed by atoms with Crippen molar-refractivity contribution in [3.63, 3.8) is 0 Å². The summed E-state index contributed by atoms with van der Waals surface area (Å²) >= 11 is 0. The molecule has 0 aliphatic heterocycles. The summed E-state index contributed by atoms with van der Waals surface area (Å²) in [5.74, 6) is 0. The fourth-order valence-electron chi connectivity index (χ4n) is 0.823. The lowest BCUT2D eigenvalue weighted by molar-refractivity contribution is -0.201. The molecule has 0 aromatic carbocycles. The molecule has 0 atom stereocenters. The Kier molecular flexibility index (Phi) is 9.73. The second-order valence-corrected chi connectivity index (χ2v) is 2.79. The van der Waals surface area contributed by atoms with Crippen LogP contribution in [0.5, 0.6) is 0 Å². The summed E-state index contributed by atoms with van der Waals surface area (Å²) < 4.78 is 0. The molecule has 0 fully saturated rings. The summed E-state index contributed by atoms with van der Waals surface area (Å²) in [6, 6.07) is 0.357. The van der Waals surface area contributed by atoms with Gasteiger partial charge >= 0.3 is 0 Å². The fourth-order valence-corrected chi connectivity index (χ4v) is 0.823. The number of hydrogen-bond acceptors (Lipinski definition) is 6. The third-order valence-electron chi connectivity index (χ3n) is 1.15. The van der Waals surface area contributed by atoms with E-state index >= 15 is 0 Å². The molecule has 13 heavy (non-hydrogen) atoms. The maximum atomic E-state index is 9.71. The van der Waals surface area contributed by atoms with Crippen LogP contribution in [0.3, 0.4) is 0 Å². The Hall–Kier alpha value is -1.24. The van der Waals surface area contributed by atoms with Crippen LogP contribution in [0.1, 0.15) is 27.7 Å². The van der Waals surface area contributed by atoms with Crippen LogP contribution in [-0.4, -0.2) is 22.4 Å². The van der Waals surface area contributed by atoms with E-state index in [1.54, 1.807) is 0 Å². The van der Waals surface area contributed by atoms with Gasteiger partial charge in [0.15, 0.2) is 10.7 Å². The Bertz CT molecular complexity index is 132. The van der Waals surface area contributed by atoms with E-state index in [1.165, 1.54) is 10.4 Å². The van der Waals surface area contributed by atoms with Crippen molar-refractivity contribution in [2.75, 3.05) is 0 Å². The number of nitrogens with zero attached hydrogens (tertiary/aromatic N) is 3. The molecule has 7 heteroatoms. The molecule has 0 aliphatic carbocycles. The van der Waals surface area contributed by atoms with Crippen molar-refractivity contribution in [3.8, 4) is 0 Å². The van der Waals surface area contributed by atoms with E-state index in [-0.39, 0.29) is 12.1 Å². The Balaban J connectivity index is 0. The molecule has 0 aliphatic rings. The largest absolute Gasteiger partial charge is 0.379 e. The maximum absolute atomic E-state index is 9.71. The monoisotopic (exact) mass is 193 g/mol. The SMILES string of the molecule is CC(C)N(ON=O)C(C)C.O=NO. The molecule has 0 rings (SSSR count). The minimum Gasteiger partial charge on any atom is -0.379 e. The maximum Gasteiger partial charge on any atom is 0.176 e. The van der Waals surface area contributed by atoms with E-state index in [0.717, 1.165) is 0 Å². The van der Waals surface area contributed by atoms with Crippen LogP contribution < -0.4 is 0 Å². The van der Waals surface area contributed by atoms with E-state index in [0.29, 0.717) is 0 Å². The van der Waals surface area contributed by atoms with Crippen LogP contribution in [0.25, 0.3) is 0 Å². The summed E-state index contributed by atoms with van der Waals surface area (Å²) in [4.78, 5) is 22.3. The highest BCUT2D eigenvalue weighted by Crippen LogP contribution is 2.04. The smallest absolute Gasteiger partial charge is 0.176 e. The molecule has 0 radical (unpaired) electrons. The quantitative estimate of drug-likeness (QED) is 0.543. The topological polar surface area (TPSA) is 91.6 Å². The third-order valence-corrected chi connectivity index (χ3v) is 1.15. The fraction of sp³-hybridized carbons (Fsp3) is 1.00. The first-order valence-corrected chi connectivity index (χ1v) is 3.76. The standard InChI is InChI=1S/C6H14N2O2.HNO2/c1-5(2)8(6(3)4)10-7-9;2-1-3/h5-6H,1-4H3;(H,2,3). The summed E-state index contributed by atoms with van der Waals surface area (Å²) in [6.45, 7) is 7.74. The lowest BCUT2D eigenvalue weighted by Gasteiger charge is -2.23. The highest BCUT2D eigenvalue weighted by Gasteiger charge is 2.14. The van der Waals surface area contributed by atoms with Gasteiger partial charge < -0.3 is 5.21 Å². The predicted molar refractivity (Wildman–Crippen MR) is 46.6 cm³/mol. The minimum absolute atomic E-state index is 0.178. The van der Waals surface area contributed by atoms with Crippen LogP contribution in [0.15, 0.2) is 10.7 Å². The van der Waals surface area contributed by atoms with Gasteiger partial charge in [-0.1, -0.05) is 0 Å². The van der Waals surface area contributed by atoms with Gasteiger partial charge in [0.1, 0.15) is 0 Å². The van der Waals surface area contributed by atoms with Gasteiger partial charge in [0, 0.05) is 12.1 Å². The molecule has 0 spiro atoms. The Morgan fingerprint density at radius 1 is 1.15 bits per heavy atom. The van der Waals surface area contributed by atoms with Crippen molar-refractivity contribution >= 4 is 0 Å². The zero-order chi connectivity index (χ0) is 10.9. The van der Waals surface area contributed by atoms with Gasteiger partial charge in [-0.2, -0.15) is 0 Å². The van der Waals surface area contributed by atoms with Crippen LogP contribution in [0, 0.1) is 9.81 Å². The highest BCUT2D eigenvalue weighted by molar-refractivity contribution is 4.56. The van der Waals surface area contributed by atoms with E-state index in [1.807, 2.05) is 27.7 Å². The zero-order valence-corrected chi connectivity index (χ0v) is 8.17. The summed E-state index contributed by atoms with van der Waals surface area (Å²) in [6.07, 6.45) is 0. The van der Waals surface area contributed by atoms with E-state index in [2.05, 4.69) is 10.3 Å². The first kappa shape index (κ1) is 14.3. The lowest BCUT2D eigenvalue weighted by atomic mass is 10.3. The molecule has 0 bridgehead atoms. The molecule has 0 amide bonds. The minimum atomic E-state index is 0.178.